The third-order valence-electron chi connectivity index (χ3n) is 3.12. The number of halogens is 1. The minimum Gasteiger partial charge on any atom is -0.404 e. The molecule has 0 radical (unpaired) electrons. The van der Waals surface area contributed by atoms with Crippen LogP contribution in [0.3, 0.4) is 0 Å². The fourth-order valence-electron chi connectivity index (χ4n) is 1.79. The van der Waals surface area contributed by atoms with E-state index >= 15 is 0 Å². The smallest absolute Gasteiger partial charge is 0.0446 e. The number of hydrogen-bond acceptors (Lipinski definition) is 2. The molecule has 0 fully saturated rings. The first-order chi connectivity index (χ1) is 7.99. The highest BCUT2D eigenvalue weighted by molar-refractivity contribution is 6.29. The summed E-state index contributed by atoms with van der Waals surface area (Å²) in [5, 5.41) is 4.10. The van der Waals surface area contributed by atoms with Crippen molar-refractivity contribution in [2.24, 2.45) is 11.7 Å². The Morgan fingerprint density at radius 1 is 1.71 bits per heavy atom. The van der Waals surface area contributed by atoms with Crippen LogP contribution >= 0.6 is 11.6 Å². The molecule has 0 saturated heterocycles. The maximum absolute atomic E-state index is 6.08. The summed E-state index contributed by atoms with van der Waals surface area (Å²) in [6, 6.07) is 0.338. The van der Waals surface area contributed by atoms with Gasteiger partial charge in [-0.1, -0.05) is 42.8 Å². The van der Waals surface area contributed by atoms with E-state index in [-0.39, 0.29) is 5.92 Å². The van der Waals surface area contributed by atoms with Gasteiger partial charge in [0.2, 0.25) is 0 Å². The number of nitrogens with two attached hydrogens (primary N) is 1. The summed E-state index contributed by atoms with van der Waals surface area (Å²) in [6.07, 6.45) is 6.60. The molecule has 0 bridgehead atoms. The molecule has 0 saturated carbocycles. The van der Waals surface area contributed by atoms with E-state index in [2.05, 4.69) is 44.8 Å². The highest BCUT2D eigenvalue weighted by atomic mass is 35.5. The largest absolute Gasteiger partial charge is 0.404 e. The lowest BCUT2D eigenvalue weighted by Crippen LogP contribution is -2.31. The highest BCUT2D eigenvalue weighted by Crippen LogP contribution is 2.25. The van der Waals surface area contributed by atoms with Gasteiger partial charge in [-0.15, -0.1) is 0 Å². The predicted octanol–water partition coefficient (Wildman–Crippen LogP) is 3.43. The van der Waals surface area contributed by atoms with E-state index in [0.717, 1.165) is 17.7 Å². The van der Waals surface area contributed by atoms with Crippen molar-refractivity contribution < 1.29 is 0 Å². The number of allylic oxidation sites excluding steroid dienone is 3. The minimum absolute atomic E-state index is 0.153. The van der Waals surface area contributed by atoms with Crippen molar-refractivity contribution in [3.8, 4) is 0 Å². The van der Waals surface area contributed by atoms with Gasteiger partial charge in [0, 0.05) is 28.9 Å². The van der Waals surface area contributed by atoms with Crippen LogP contribution < -0.4 is 11.1 Å². The van der Waals surface area contributed by atoms with Gasteiger partial charge in [0.05, 0.1) is 0 Å². The van der Waals surface area contributed by atoms with Gasteiger partial charge in [-0.2, -0.15) is 0 Å². The lowest BCUT2D eigenvalue weighted by molar-refractivity contribution is 0.664. The topological polar surface area (TPSA) is 38.0 Å². The zero-order valence-corrected chi connectivity index (χ0v) is 11.5. The molecular weight excluding hydrogens is 232 g/mol. The molecule has 3 N–H and O–H groups in total. The summed E-state index contributed by atoms with van der Waals surface area (Å²) in [6.45, 7) is 10.4. The first-order valence-corrected chi connectivity index (χ1v) is 6.30. The summed E-state index contributed by atoms with van der Waals surface area (Å²) < 4.78 is 0. The van der Waals surface area contributed by atoms with E-state index in [9.17, 15) is 0 Å². The van der Waals surface area contributed by atoms with Crippen LogP contribution in [0.2, 0.25) is 0 Å². The average Bonchev–Trinajstić information content (AvgIpc) is 2.31. The summed E-state index contributed by atoms with van der Waals surface area (Å²) in [7, 11) is 0. The maximum atomic E-state index is 6.08. The van der Waals surface area contributed by atoms with Crippen LogP contribution in [0.15, 0.2) is 46.8 Å². The van der Waals surface area contributed by atoms with Crippen molar-refractivity contribution in [3.63, 3.8) is 0 Å². The van der Waals surface area contributed by atoms with Gasteiger partial charge in [-0.05, 0) is 25.8 Å². The van der Waals surface area contributed by atoms with E-state index in [1.807, 2.05) is 0 Å². The van der Waals surface area contributed by atoms with Crippen molar-refractivity contribution in [2.45, 2.75) is 33.2 Å². The second-order valence-corrected chi connectivity index (χ2v) is 4.86. The monoisotopic (exact) mass is 252 g/mol. The fourth-order valence-corrected chi connectivity index (χ4v) is 2.01. The zero-order chi connectivity index (χ0) is 13.0. The Morgan fingerprint density at radius 2 is 2.35 bits per heavy atom. The molecule has 2 atom stereocenters. The van der Waals surface area contributed by atoms with Crippen molar-refractivity contribution in [3.05, 3.63) is 46.8 Å². The molecule has 0 aromatic rings. The van der Waals surface area contributed by atoms with E-state index in [1.54, 1.807) is 0 Å². The zero-order valence-electron chi connectivity index (χ0n) is 10.8. The third-order valence-corrected chi connectivity index (χ3v) is 3.53. The standard InChI is InChI=1S/C14H21ClN2/c1-5-12(13(15)8-16)7-14-10(3)6-9(2)11(4)17-14/h6-8,11-12,17H,3,5,16H2,1-2,4H3/b13-8+,14-7+. The number of hydrogen-bond donors (Lipinski definition) is 2. The molecule has 2 unspecified atom stereocenters. The van der Waals surface area contributed by atoms with Crippen LogP contribution in [0.4, 0.5) is 0 Å². The van der Waals surface area contributed by atoms with Crippen LogP contribution in [0, 0.1) is 5.92 Å². The van der Waals surface area contributed by atoms with E-state index in [1.165, 1.54) is 11.8 Å². The van der Waals surface area contributed by atoms with Crippen LogP contribution in [0.25, 0.3) is 0 Å². The minimum atomic E-state index is 0.153. The second kappa shape index (κ2) is 5.97. The Labute approximate surface area is 109 Å². The van der Waals surface area contributed by atoms with Crippen molar-refractivity contribution >= 4 is 11.6 Å². The number of rotatable bonds is 3. The van der Waals surface area contributed by atoms with Crippen LogP contribution in [0.5, 0.6) is 0 Å². The molecule has 0 aliphatic carbocycles. The van der Waals surface area contributed by atoms with Crippen LogP contribution in [0.1, 0.15) is 27.2 Å². The molecule has 0 aromatic carbocycles. The second-order valence-electron chi connectivity index (χ2n) is 4.43. The Bertz CT molecular complexity index is 391. The van der Waals surface area contributed by atoms with Crippen molar-refractivity contribution in [1.82, 2.24) is 5.32 Å². The predicted molar refractivity (Wildman–Crippen MR) is 75.5 cm³/mol. The summed E-state index contributed by atoms with van der Waals surface area (Å²) >= 11 is 6.08. The normalized spacial score (nSPS) is 25.5. The third kappa shape index (κ3) is 3.40. The summed E-state index contributed by atoms with van der Waals surface area (Å²) in [5.74, 6) is 0.153. The van der Waals surface area contributed by atoms with Gasteiger partial charge in [0.1, 0.15) is 0 Å². The van der Waals surface area contributed by atoms with Gasteiger partial charge >= 0.3 is 0 Å². The molecule has 94 valence electrons. The molecule has 1 aliphatic heterocycles. The molecule has 1 heterocycles. The molecule has 0 amide bonds. The molecule has 1 rings (SSSR count). The number of nitrogens with one attached hydrogen (secondary N) is 1. The summed E-state index contributed by atoms with van der Waals surface area (Å²) in [5.41, 5.74) is 8.80. The van der Waals surface area contributed by atoms with Crippen molar-refractivity contribution in [1.29, 1.82) is 0 Å². The lowest BCUT2D eigenvalue weighted by atomic mass is 9.96. The van der Waals surface area contributed by atoms with E-state index in [0.29, 0.717) is 11.1 Å². The quantitative estimate of drug-likeness (QED) is 0.808. The van der Waals surface area contributed by atoms with Gasteiger partial charge in [-0.3, -0.25) is 0 Å². The van der Waals surface area contributed by atoms with Crippen LogP contribution in [-0.4, -0.2) is 6.04 Å². The Balaban J connectivity index is 2.96. The molecule has 0 aromatic heterocycles. The van der Waals surface area contributed by atoms with Gasteiger partial charge in [0.15, 0.2) is 0 Å². The molecule has 0 spiro atoms. The van der Waals surface area contributed by atoms with E-state index in [4.69, 9.17) is 17.3 Å². The average molecular weight is 253 g/mol. The molecule has 17 heavy (non-hydrogen) atoms. The first-order valence-electron chi connectivity index (χ1n) is 5.92. The maximum Gasteiger partial charge on any atom is 0.0446 e. The Kier molecular flexibility index (Phi) is 4.88. The Hall–Kier alpha value is -1.15. The van der Waals surface area contributed by atoms with Gasteiger partial charge < -0.3 is 11.1 Å². The highest BCUT2D eigenvalue weighted by Gasteiger charge is 2.16. The fraction of sp³-hybridized carbons (Fsp3) is 0.429. The lowest BCUT2D eigenvalue weighted by Gasteiger charge is -2.26. The SMILES string of the molecule is C=C1C=C(C)C(C)N/C1=C/C(CC)/C(Cl)=C\N. The van der Waals surface area contributed by atoms with Gasteiger partial charge in [0.25, 0.3) is 0 Å². The molecule has 2 nitrogen and oxygen atoms in total. The van der Waals surface area contributed by atoms with E-state index < -0.39 is 0 Å². The molecular formula is C14H21ClN2. The van der Waals surface area contributed by atoms with Gasteiger partial charge in [-0.25, -0.2) is 0 Å². The first kappa shape index (κ1) is 13.9. The molecule has 1 aliphatic rings. The Morgan fingerprint density at radius 3 is 2.88 bits per heavy atom. The van der Waals surface area contributed by atoms with Crippen molar-refractivity contribution in [2.75, 3.05) is 0 Å². The molecule has 3 heteroatoms. The van der Waals surface area contributed by atoms with Crippen LogP contribution in [-0.2, 0) is 0 Å². The summed E-state index contributed by atoms with van der Waals surface area (Å²) in [4.78, 5) is 0.